The summed E-state index contributed by atoms with van der Waals surface area (Å²) in [6, 6.07) is 12.0. The van der Waals surface area contributed by atoms with E-state index in [9.17, 15) is 8.42 Å². The SMILES string of the molecule is COc1cc2c(cc1S(=O)(=O)Nc1ccc(C34CC5CC(CC(C5)C3)C4)cc1)CCCC2. The Morgan fingerprint density at radius 1 is 0.875 bits per heavy atom. The molecule has 0 unspecified atom stereocenters. The van der Waals surface area contributed by atoms with E-state index in [0.29, 0.717) is 16.9 Å². The zero-order valence-corrected chi connectivity index (χ0v) is 19.7. The molecule has 0 amide bonds. The Bertz CT molecular complexity index is 1100. The third-order valence-electron chi connectivity index (χ3n) is 8.71. The van der Waals surface area contributed by atoms with Crippen LogP contribution in [0.25, 0.3) is 0 Å². The molecule has 0 saturated heterocycles. The summed E-state index contributed by atoms with van der Waals surface area (Å²) in [6.07, 6.45) is 12.4. The lowest BCUT2D eigenvalue weighted by atomic mass is 9.48. The molecule has 0 radical (unpaired) electrons. The van der Waals surface area contributed by atoms with Gasteiger partial charge in [-0.3, -0.25) is 4.72 Å². The van der Waals surface area contributed by atoms with E-state index >= 15 is 0 Å². The third-order valence-corrected chi connectivity index (χ3v) is 10.1. The predicted octanol–water partition coefficient (Wildman–Crippen LogP) is 5.84. The van der Waals surface area contributed by atoms with Crippen LogP contribution in [0.4, 0.5) is 5.69 Å². The van der Waals surface area contributed by atoms with Crippen molar-refractivity contribution >= 4 is 15.7 Å². The minimum atomic E-state index is -3.72. The summed E-state index contributed by atoms with van der Waals surface area (Å²) < 4.78 is 34.8. The normalized spacial score (nSPS) is 30.7. The molecule has 0 atom stereocenters. The molecule has 5 aliphatic carbocycles. The van der Waals surface area contributed by atoms with Gasteiger partial charge in [0.15, 0.2) is 0 Å². The molecule has 2 aromatic rings. The summed E-state index contributed by atoms with van der Waals surface area (Å²) in [7, 11) is -2.18. The van der Waals surface area contributed by atoms with E-state index < -0.39 is 10.0 Å². The van der Waals surface area contributed by atoms with Gasteiger partial charge in [-0.15, -0.1) is 0 Å². The van der Waals surface area contributed by atoms with Gasteiger partial charge in [-0.25, -0.2) is 8.42 Å². The van der Waals surface area contributed by atoms with E-state index in [0.717, 1.165) is 49.0 Å². The highest BCUT2D eigenvalue weighted by Crippen LogP contribution is 2.60. The molecule has 0 spiro atoms. The molecule has 2 aromatic carbocycles. The topological polar surface area (TPSA) is 55.4 Å². The highest BCUT2D eigenvalue weighted by Gasteiger charge is 2.51. The van der Waals surface area contributed by atoms with Gasteiger partial charge in [0, 0.05) is 5.69 Å². The number of sulfonamides is 1. The number of rotatable bonds is 5. The zero-order valence-electron chi connectivity index (χ0n) is 18.9. The molecule has 0 aliphatic heterocycles. The van der Waals surface area contributed by atoms with E-state index in [1.54, 1.807) is 7.11 Å². The largest absolute Gasteiger partial charge is 0.495 e. The van der Waals surface area contributed by atoms with Crippen LogP contribution in [-0.4, -0.2) is 15.5 Å². The van der Waals surface area contributed by atoms with Crippen LogP contribution in [0.5, 0.6) is 5.75 Å². The Morgan fingerprint density at radius 3 is 2.00 bits per heavy atom. The molecule has 5 aliphatic rings. The van der Waals surface area contributed by atoms with Gasteiger partial charge in [0.1, 0.15) is 10.6 Å². The van der Waals surface area contributed by atoms with Crippen LogP contribution in [0.2, 0.25) is 0 Å². The van der Waals surface area contributed by atoms with Gasteiger partial charge < -0.3 is 4.74 Å². The maximum absolute atomic E-state index is 13.3. The maximum Gasteiger partial charge on any atom is 0.265 e. The first-order valence-electron chi connectivity index (χ1n) is 12.3. The van der Waals surface area contributed by atoms with Crippen LogP contribution in [0, 0.1) is 17.8 Å². The van der Waals surface area contributed by atoms with Crippen molar-refractivity contribution in [2.75, 3.05) is 11.8 Å². The molecular weight excluding hydrogens is 418 g/mol. The number of methoxy groups -OCH3 is 1. The van der Waals surface area contributed by atoms with Crippen molar-refractivity contribution in [1.82, 2.24) is 0 Å². The number of hydrogen-bond acceptors (Lipinski definition) is 3. The fourth-order valence-corrected chi connectivity index (χ4v) is 8.94. The highest BCUT2D eigenvalue weighted by molar-refractivity contribution is 7.92. The van der Waals surface area contributed by atoms with E-state index in [4.69, 9.17) is 4.74 Å². The molecule has 4 saturated carbocycles. The zero-order chi connectivity index (χ0) is 21.9. The van der Waals surface area contributed by atoms with Gasteiger partial charge in [-0.2, -0.15) is 0 Å². The summed E-state index contributed by atoms with van der Waals surface area (Å²) in [5.41, 5.74) is 4.71. The summed E-state index contributed by atoms with van der Waals surface area (Å²) in [4.78, 5) is 0.241. The molecule has 5 heteroatoms. The summed E-state index contributed by atoms with van der Waals surface area (Å²) in [5.74, 6) is 3.13. The van der Waals surface area contributed by atoms with Crippen molar-refractivity contribution in [3.63, 3.8) is 0 Å². The van der Waals surface area contributed by atoms with Crippen LogP contribution >= 0.6 is 0 Å². The average Bonchev–Trinajstić information content (AvgIpc) is 2.77. The lowest BCUT2D eigenvalue weighted by Crippen LogP contribution is -2.48. The van der Waals surface area contributed by atoms with Crippen LogP contribution in [0.3, 0.4) is 0 Å². The van der Waals surface area contributed by atoms with E-state index in [2.05, 4.69) is 16.9 Å². The number of anilines is 1. The van der Waals surface area contributed by atoms with E-state index in [1.807, 2.05) is 24.3 Å². The molecule has 4 bridgehead atoms. The van der Waals surface area contributed by atoms with Crippen molar-refractivity contribution < 1.29 is 13.2 Å². The van der Waals surface area contributed by atoms with Crippen molar-refractivity contribution in [3.05, 3.63) is 53.1 Å². The lowest BCUT2D eigenvalue weighted by Gasteiger charge is -2.57. The first kappa shape index (κ1) is 20.6. The lowest BCUT2D eigenvalue weighted by molar-refractivity contribution is -0.00518. The quantitative estimate of drug-likeness (QED) is 0.621. The van der Waals surface area contributed by atoms with Crippen LogP contribution in [0.15, 0.2) is 41.3 Å². The molecule has 4 nitrogen and oxygen atoms in total. The monoisotopic (exact) mass is 451 g/mol. The molecule has 170 valence electrons. The first-order valence-corrected chi connectivity index (χ1v) is 13.8. The summed E-state index contributed by atoms with van der Waals surface area (Å²) >= 11 is 0. The van der Waals surface area contributed by atoms with Gasteiger partial charge in [-0.1, -0.05) is 12.1 Å². The standard InChI is InChI=1S/C27H33NO3S/c1-31-25-13-21-4-2-3-5-22(21)14-26(25)32(29,30)28-24-8-6-23(7-9-24)27-15-18-10-19(16-27)12-20(11-18)17-27/h6-9,13-14,18-20,28H,2-5,10-12,15-17H2,1H3. The highest BCUT2D eigenvalue weighted by atomic mass is 32.2. The van der Waals surface area contributed by atoms with E-state index in [-0.39, 0.29) is 4.90 Å². The molecule has 4 fully saturated rings. The second-order valence-electron chi connectivity index (χ2n) is 10.9. The van der Waals surface area contributed by atoms with Crippen molar-refractivity contribution in [2.24, 2.45) is 17.8 Å². The van der Waals surface area contributed by atoms with Gasteiger partial charge in [0.25, 0.3) is 10.0 Å². The van der Waals surface area contributed by atoms with Crippen LogP contribution in [-0.2, 0) is 28.3 Å². The Balaban J connectivity index is 1.26. The second-order valence-corrected chi connectivity index (χ2v) is 12.5. The van der Waals surface area contributed by atoms with Crippen molar-refractivity contribution in [1.29, 1.82) is 0 Å². The van der Waals surface area contributed by atoms with Gasteiger partial charge in [0.05, 0.1) is 7.11 Å². The number of hydrogen-bond donors (Lipinski definition) is 1. The van der Waals surface area contributed by atoms with Crippen molar-refractivity contribution in [3.8, 4) is 5.75 Å². The molecule has 7 rings (SSSR count). The fourth-order valence-electron chi connectivity index (χ4n) is 7.68. The molecule has 32 heavy (non-hydrogen) atoms. The smallest absolute Gasteiger partial charge is 0.265 e. The number of ether oxygens (including phenoxy) is 1. The minimum Gasteiger partial charge on any atom is -0.495 e. The number of aryl methyl sites for hydroxylation is 2. The maximum atomic E-state index is 13.3. The second kappa shape index (κ2) is 7.51. The number of fused-ring (bicyclic) bond motifs is 1. The number of nitrogens with one attached hydrogen (secondary N) is 1. The molecule has 0 aromatic heterocycles. The predicted molar refractivity (Wildman–Crippen MR) is 127 cm³/mol. The van der Waals surface area contributed by atoms with Crippen LogP contribution in [0.1, 0.15) is 68.1 Å². The Kier molecular flexibility index (Phi) is 4.83. The Morgan fingerprint density at radius 2 is 1.44 bits per heavy atom. The number of benzene rings is 2. The fraction of sp³-hybridized carbons (Fsp3) is 0.556. The Hall–Kier alpha value is -2.01. The average molecular weight is 452 g/mol. The van der Waals surface area contributed by atoms with Gasteiger partial charge >= 0.3 is 0 Å². The molecule has 1 N–H and O–H groups in total. The van der Waals surface area contributed by atoms with Gasteiger partial charge in [-0.05, 0) is 128 Å². The summed E-state index contributed by atoms with van der Waals surface area (Å²) in [6.45, 7) is 0. The molecule has 0 heterocycles. The Labute approximate surface area is 191 Å². The van der Waals surface area contributed by atoms with E-state index in [1.165, 1.54) is 49.7 Å². The van der Waals surface area contributed by atoms with Gasteiger partial charge in [0.2, 0.25) is 0 Å². The third kappa shape index (κ3) is 3.44. The first-order chi connectivity index (χ1) is 15.4. The minimum absolute atomic E-state index is 0.241. The van der Waals surface area contributed by atoms with Crippen LogP contribution < -0.4 is 9.46 Å². The van der Waals surface area contributed by atoms with Crippen molar-refractivity contribution in [2.45, 2.75) is 74.5 Å². The summed E-state index contributed by atoms with van der Waals surface area (Å²) in [5, 5.41) is 0. The molecular formula is C27H33NO3S.